The highest BCUT2D eigenvalue weighted by Gasteiger charge is 2.13. The van der Waals surface area contributed by atoms with Crippen molar-refractivity contribution in [3.05, 3.63) is 48.5 Å². The van der Waals surface area contributed by atoms with Crippen LogP contribution < -0.4 is 0 Å². The molecule has 2 unspecified atom stereocenters. The summed E-state index contributed by atoms with van der Waals surface area (Å²) in [6, 6.07) is 17.3. The van der Waals surface area contributed by atoms with E-state index < -0.39 is 0 Å². The zero-order chi connectivity index (χ0) is 19.1. The molecule has 0 bridgehead atoms. The van der Waals surface area contributed by atoms with Gasteiger partial charge in [0.2, 0.25) is 0 Å². The second kappa shape index (κ2) is 10.4. The van der Waals surface area contributed by atoms with Crippen molar-refractivity contribution in [2.24, 2.45) is 0 Å². The van der Waals surface area contributed by atoms with Gasteiger partial charge in [0.15, 0.2) is 0 Å². The van der Waals surface area contributed by atoms with Gasteiger partial charge in [-0.25, -0.2) is 0 Å². The number of unbranched alkanes of at least 4 members (excludes halogenated alkanes) is 3. The Hall–Kier alpha value is -1.18. The van der Waals surface area contributed by atoms with E-state index in [0.29, 0.717) is 5.38 Å². The average molecular weight is 404 g/mol. The second-order valence-corrected chi connectivity index (χ2v) is 8.85. The molecule has 2 atom stereocenters. The lowest BCUT2D eigenvalue weighted by molar-refractivity contribution is 0.549. The lowest BCUT2D eigenvalue weighted by Gasteiger charge is -2.14. The first kappa shape index (κ1) is 20.6. The predicted octanol–water partition coefficient (Wildman–Crippen LogP) is 8.15. The van der Waals surface area contributed by atoms with Crippen LogP contribution in [0.15, 0.2) is 48.5 Å². The number of benzene rings is 2. The molecule has 0 aliphatic rings. The Labute approximate surface area is 173 Å². The van der Waals surface area contributed by atoms with E-state index in [9.17, 15) is 0 Å². The van der Waals surface area contributed by atoms with Crippen LogP contribution in [0.1, 0.15) is 58.3 Å². The third-order valence-electron chi connectivity index (χ3n) is 5.47. The lowest BCUT2D eigenvalue weighted by Crippen LogP contribution is -2.10. The van der Waals surface area contributed by atoms with Gasteiger partial charge in [-0.2, -0.15) is 0 Å². The van der Waals surface area contributed by atoms with E-state index in [1.54, 1.807) is 0 Å². The first-order valence-corrected chi connectivity index (χ1v) is 11.3. The van der Waals surface area contributed by atoms with Crippen LogP contribution in [0, 0.1) is 0 Å². The van der Waals surface area contributed by atoms with E-state index in [2.05, 4.69) is 60.0 Å². The van der Waals surface area contributed by atoms with Crippen molar-refractivity contribution in [1.82, 2.24) is 4.57 Å². The number of alkyl halides is 2. The summed E-state index contributed by atoms with van der Waals surface area (Å²) in [4.78, 5) is 0. The normalized spacial score (nSPS) is 14.0. The predicted molar refractivity (Wildman–Crippen MR) is 121 cm³/mol. The van der Waals surface area contributed by atoms with Crippen LogP contribution in [-0.4, -0.2) is 15.3 Å². The lowest BCUT2D eigenvalue weighted by atomic mass is 10.1. The largest absolute Gasteiger partial charge is 0.339 e. The molecule has 0 amide bonds. The van der Waals surface area contributed by atoms with Gasteiger partial charge in [-0.3, -0.25) is 0 Å². The molecule has 0 saturated heterocycles. The summed E-state index contributed by atoms with van der Waals surface area (Å²) >= 11 is 13.2. The molecule has 0 saturated carbocycles. The minimum atomic E-state index is 0.151. The first-order chi connectivity index (χ1) is 13.2. The molecule has 0 spiro atoms. The molecule has 1 aromatic heterocycles. The molecule has 27 heavy (non-hydrogen) atoms. The van der Waals surface area contributed by atoms with Gasteiger partial charge in [-0.1, -0.05) is 75.4 Å². The minimum Gasteiger partial charge on any atom is -0.339 e. The van der Waals surface area contributed by atoms with Crippen molar-refractivity contribution in [1.29, 1.82) is 0 Å². The Kier molecular flexibility index (Phi) is 7.91. The number of hydrogen-bond acceptors (Lipinski definition) is 0. The quantitative estimate of drug-likeness (QED) is 0.224. The maximum Gasteiger partial charge on any atom is 0.0515 e. The summed E-state index contributed by atoms with van der Waals surface area (Å²) in [5.74, 6) is 0. The van der Waals surface area contributed by atoms with Gasteiger partial charge in [-0.15, -0.1) is 23.2 Å². The number of nitrogens with zero attached hydrogens (tertiary/aromatic N) is 1. The van der Waals surface area contributed by atoms with Crippen molar-refractivity contribution in [3.63, 3.8) is 0 Å². The minimum absolute atomic E-state index is 0.151. The van der Waals surface area contributed by atoms with E-state index in [0.717, 1.165) is 32.2 Å². The van der Waals surface area contributed by atoms with Crippen molar-refractivity contribution in [2.45, 2.75) is 75.6 Å². The highest BCUT2D eigenvalue weighted by molar-refractivity contribution is 6.21. The summed E-state index contributed by atoms with van der Waals surface area (Å²) in [5.41, 5.74) is 2.56. The number of rotatable bonds is 11. The summed E-state index contributed by atoms with van der Waals surface area (Å²) in [7, 11) is 0. The van der Waals surface area contributed by atoms with Crippen LogP contribution in [-0.2, 0) is 6.54 Å². The Balaban J connectivity index is 1.54. The molecular formula is C24H31Cl2N. The van der Waals surface area contributed by atoms with Gasteiger partial charge >= 0.3 is 0 Å². The van der Waals surface area contributed by atoms with E-state index in [1.165, 1.54) is 47.5 Å². The van der Waals surface area contributed by atoms with Gasteiger partial charge in [0.25, 0.3) is 0 Å². The van der Waals surface area contributed by atoms with Crippen molar-refractivity contribution < 1.29 is 0 Å². The fourth-order valence-electron chi connectivity index (χ4n) is 3.98. The number of para-hydroxylation sites is 2. The zero-order valence-electron chi connectivity index (χ0n) is 16.3. The van der Waals surface area contributed by atoms with Gasteiger partial charge in [0, 0.05) is 33.7 Å². The third-order valence-corrected chi connectivity index (χ3v) is 6.26. The van der Waals surface area contributed by atoms with Crippen LogP contribution >= 0.6 is 23.2 Å². The van der Waals surface area contributed by atoms with Crippen LogP contribution in [0.2, 0.25) is 0 Å². The highest BCUT2D eigenvalue weighted by atomic mass is 35.5. The summed E-state index contributed by atoms with van der Waals surface area (Å²) in [6.45, 7) is 3.09. The summed E-state index contributed by atoms with van der Waals surface area (Å²) in [6.07, 6.45) is 9.47. The molecule has 3 rings (SSSR count). The number of hydrogen-bond donors (Lipinski definition) is 0. The smallest absolute Gasteiger partial charge is 0.0515 e. The molecule has 0 aliphatic heterocycles. The number of fused-ring (bicyclic) bond motifs is 3. The molecule has 0 radical (unpaired) electrons. The van der Waals surface area contributed by atoms with Crippen molar-refractivity contribution in [2.75, 3.05) is 0 Å². The summed E-state index contributed by atoms with van der Waals surface area (Å²) < 4.78 is 2.39. The maximum absolute atomic E-state index is 6.74. The Morgan fingerprint density at radius 2 is 1.19 bits per heavy atom. The second-order valence-electron chi connectivity index (χ2n) is 7.62. The molecule has 3 heteroatoms. The summed E-state index contributed by atoms with van der Waals surface area (Å²) in [5, 5.41) is 3.11. The molecule has 3 aromatic rings. The van der Waals surface area contributed by atoms with E-state index in [1.807, 2.05) is 0 Å². The molecule has 1 heterocycles. The molecule has 0 aliphatic carbocycles. The van der Waals surface area contributed by atoms with Gasteiger partial charge in [0.1, 0.15) is 0 Å². The van der Waals surface area contributed by atoms with E-state index in [4.69, 9.17) is 23.2 Å². The molecular weight excluding hydrogens is 373 g/mol. The van der Waals surface area contributed by atoms with E-state index in [-0.39, 0.29) is 5.38 Å². The Morgan fingerprint density at radius 1 is 0.704 bits per heavy atom. The van der Waals surface area contributed by atoms with Crippen molar-refractivity contribution in [3.8, 4) is 0 Å². The standard InChI is InChI=1S/C24H31Cl2N/c1-2-3-4-11-19(25)12-5-6-13-20(26)18-27-23-16-9-7-14-21(23)22-15-8-10-17-24(22)27/h7-10,14-17,19-20H,2-6,11-13,18H2,1H3. The molecule has 0 fully saturated rings. The average Bonchev–Trinajstić information content (AvgIpc) is 3.00. The molecule has 146 valence electrons. The Morgan fingerprint density at radius 3 is 1.74 bits per heavy atom. The number of halogens is 2. The maximum atomic E-state index is 6.74. The Bertz CT molecular complexity index is 785. The van der Waals surface area contributed by atoms with Crippen molar-refractivity contribution >= 4 is 45.0 Å². The number of aromatic nitrogens is 1. The molecule has 0 N–H and O–H groups in total. The zero-order valence-corrected chi connectivity index (χ0v) is 17.9. The molecule has 1 nitrogen and oxygen atoms in total. The van der Waals surface area contributed by atoms with Crippen LogP contribution in [0.5, 0.6) is 0 Å². The van der Waals surface area contributed by atoms with E-state index >= 15 is 0 Å². The topological polar surface area (TPSA) is 4.93 Å². The van der Waals surface area contributed by atoms with Crippen LogP contribution in [0.4, 0.5) is 0 Å². The fourth-order valence-corrected chi connectivity index (χ4v) is 4.58. The van der Waals surface area contributed by atoms with Gasteiger partial charge < -0.3 is 4.57 Å². The fraction of sp³-hybridized carbons (Fsp3) is 0.500. The van der Waals surface area contributed by atoms with Gasteiger partial charge in [-0.05, 0) is 31.4 Å². The van der Waals surface area contributed by atoms with Crippen LogP contribution in [0.3, 0.4) is 0 Å². The molecule has 2 aromatic carbocycles. The first-order valence-electron chi connectivity index (χ1n) is 10.4. The highest BCUT2D eigenvalue weighted by Crippen LogP contribution is 2.30. The SMILES string of the molecule is CCCCCC(Cl)CCCCC(Cl)Cn1c2ccccc2c2ccccc21. The van der Waals surface area contributed by atoms with Crippen LogP contribution in [0.25, 0.3) is 21.8 Å². The third kappa shape index (κ3) is 5.42. The van der Waals surface area contributed by atoms with Gasteiger partial charge in [0.05, 0.1) is 5.38 Å². The monoisotopic (exact) mass is 403 g/mol.